The number of alkyl halides is 24. The Bertz CT molecular complexity index is 2590. The molecule has 0 heterocycles. The molecule has 44 heteroatoms. The summed E-state index contributed by atoms with van der Waals surface area (Å²) in [6.45, 7) is 0. The van der Waals surface area contributed by atoms with Crippen LogP contribution >= 0.6 is 82.6 Å². The summed E-state index contributed by atoms with van der Waals surface area (Å²) in [5, 5.41) is 0. The summed E-state index contributed by atoms with van der Waals surface area (Å²) < 4.78 is 349. The zero-order chi connectivity index (χ0) is 65.0. The van der Waals surface area contributed by atoms with Crippen LogP contribution in [0.2, 0.25) is 0 Å². The Labute approximate surface area is 483 Å². The summed E-state index contributed by atoms with van der Waals surface area (Å²) in [6.07, 6.45) is -48.4. The zero-order valence-electron chi connectivity index (χ0n) is 38.9. The molecule has 0 aromatic heterocycles. The normalized spacial score (nSPS) is 13.5. The van der Waals surface area contributed by atoms with Crippen molar-refractivity contribution in [3.8, 4) is 0 Å². The third-order valence-electron chi connectivity index (χ3n) is 8.79. The average Bonchev–Trinajstić information content (AvgIpc) is 0.870. The third kappa shape index (κ3) is 18.9. The molecule has 472 valence electrons. The van der Waals surface area contributed by atoms with Crippen LogP contribution in [0.15, 0.2) is 97.1 Å². The second kappa shape index (κ2) is 26.5. The average molecular weight is 1730 g/mol. The summed E-state index contributed by atoms with van der Waals surface area (Å²) in [5.41, 5.74) is -5.67. The molecule has 0 bridgehead atoms. The van der Waals surface area contributed by atoms with Crippen molar-refractivity contribution < 1.29 is 168 Å². The van der Waals surface area contributed by atoms with Gasteiger partial charge in [0.05, 0.1) is 0 Å². The number of benzene rings is 4. The predicted octanol–water partition coefficient (Wildman–Crippen LogP) is 12.9. The minimum atomic E-state index is -6.05. The molecule has 0 radical (unpaired) electrons. The van der Waals surface area contributed by atoms with Crippen LogP contribution in [0.25, 0.3) is 0 Å². The molecule has 0 N–H and O–H groups in total. The predicted molar refractivity (Wildman–Crippen MR) is 253 cm³/mol. The van der Waals surface area contributed by atoms with E-state index in [1.807, 2.05) is 0 Å². The molecule has 0 atom stereocenters. The number of hydrogen-bond acceptors (Lipinski definition) is 16. The van der Waals surface area contributed by atoms with E-state index in [1.54, 1.807) is 0 Å². The maximum absolute atomic E-state index is 13.4. The van der Waals surface area contributed by atoms with Gasteiger partial charge in [0.25, 0.3) is 0 Å². The molecule has 0 aliphatic carbocycles. The van der Waals surface area contributed by atoms with Crippen molar-refractivity contribution in [2.24, 2.45) is 0 Å². The van der Waals surface area contributed by atoms with Gasteiger partial charge in [-0.15, -0.1) is 0 Å². The first kappa shape index (κ1) is 71.4. The van der Waals surface area contributed by atoms with Crippen LogP contribution in [-0.4, -0.2) is 97.2 Å². The SMILES string of the molecule is O=C(OI(OC(=O)C(F)(F)F)c1ccc(C(c2ccc(I(OC(=O)C(F)(F)F)OC(=O)C(F)(F)F)cc2)(c2ccc(I(OC(=O)C(F)(F)F)OC(=O)C(F)(F)F)cc2)c2ccc(I(OC(=O)C(F)(F)F)OC(=O)C(F)(F)F)cc2)cc1)C(F)(F)F. The van der Waals surface area contributed by atoms with Crippen LogP contribution in [0.5, 0.6) is 0 Å². The summed E-state index contributed by atoms with van der Waals surface area (Å²) in [5.74, 6) is -26.3. The molecule has 16 nitrogen and oxygen atoms in total. The molecule has 4 rings (SSSR count). The van der Waals surface area contributed by atoms with Crippen molar-refractivity contribution in [3.63, 3.8) is 0 Å². The van der Waals surface area contributed by atoms with Crippen LogP contribution in [0.3, 0.4) is 0 Å². The van der Waals surface area contributed by atoms with Gasteiger partial charge in [0, 0.05) is 0 Å². The first-order valence-electron chi connectivity index (χ1n) is 20.1. The molecule has 0 unspecified atom stereocenters. The molecule has 0 aliphatic rings. The zero-order valence-corrected chi connectivity index (χ0v) is 47.5. The fourth-order valence-corrected chi connectivity index (χ4v) is 16.6. The van der Waals surface area contributed by atoms with Gasteiger partial charge in [0.2, 0.25) is 0 Å². The Morgan fingerprint density at radius 1 is 0.212 bits per heavy atom. The van der Waals surface area contributed by atoms with Gasteiger partial charge in [-0.1, -0.05) is 0 Å². The van der Waals surface area contributed by atoms with Crippen molar-refractivity contribution in [1.29, 1.82) is 0 Å². The third-order valence-corrected chi connectivity index (χ3v) is 22.1. The molecule has 4 aromatic rings. The number of carbonyl (C=O) groups excluding carboxylic acids is 8. The van der Waals surface area contributed by atoms with E-state index < -0.39 is 222 Å². The van der Waals surface area contributed by atoms with Crippen LogP contribution < -0.4 is 0 Å². The quantitative estimate of drug-likeness (QED) is 0.0580. The number of rotatable bonds is 16. The van der Waals surface area contributed by atoms with Crippen molar-refractivity contribution in [1.82, 2.24) is 0 Å². The molecule has 85 heavy (non-hydrogen) atoms. The molecule has 0 fully saturated rings. The molecule has 0 spiro atoms. The Morgan fingerprint density at radius 2 is 0.318 bits per heavy atom. The fourth-order valence-electron chi connectivity index (χ4n) is 5.49. The van der Waals surface area contributed by atoms with E-state index in [0.29, 0.717) is 97.1 Å². The van der Waals surface area contributed by atoms with Gasteiger partial charge in [-0.25, -0.2) is 0 Å². The Balaban J connectivity index is 2.24. The van der Waals surface area contributed by atoms with Gasteiger partial charge in [-0.3, -0.25) is 0 Å². The number of carbonyl (C=O) groups is 8. The van der Waals surface area contributed by atoms with E-state index in [1.165, 1.54) is 0 Å². The Hall–Kier alpha value is -6.12. The van der Waals surface area contributed by atoms with E-state index in [9.17, 15) is 144 Å². The molecular formula is C41H16F24I4O16. The van der Waals surface area contributed by atoms with Crippen LogP contribution in [0, 0.1) is 14.3 Å². The molecule has 0 amide bonds. The van der Waals surface area contributed by atoms with Crippen LogP contribution in [-0.2, 0) is 68.3 Å². The standard InChI is InChI=1S/C41H16F24I4O16/c42-34(43,44)25(70)78-66(79-26(71)35(45,46)47)21-9-1-17(2-10-21)33(18-3-11-22(12-4-18)67(80-27(72)36(48,49)50)81-28(73)37(51,52)53,19-5-13-23(14-6-19)68(82-29(74)38(54,55)56)83-30(75)39(57,58)59)20-7-15-24(16-8-20)69(84-31(76)40(60,61)62)85-32(77)41(63,64)65/h1-16H. The minimum absolute atomic E-state index is 0.393. The first-order valence-corrected chi connectivity index (χ1v) is 31.4. The second-order valence-electron chi connectivity index (χ2n) is 14.5. The van der Waals surface area contributed by atoms with E-state index in [4.69, 9.17) is 0 Å². The fraction of sp³-hybridized carbons (Fsp3) is 0.220. The summed E-state index contributed by atoms with van der Waals surface area (Å²) in [7, 11) is 0. The monoisotopic (exact) mass is 1730 g/mol. The maximum atomic E-state index is 13.4. The molecule has 0 saturated carbocycles. The second-order valence-corrected chi connectivity index (χ2v) is 28.0. The van der Waals surface area contributed by atoms with E-state index in [0.717, 1.165) is 0 Å². The topological polar surface area (TPSA) is 210 Å². The van der Waals surface area contributed by atoms with E-state index >= 15 is 0 Å². The van der Waals surface area contributed by atoms with Crippen molar-refractivity contribution in [2.45, 2.75) is 54.8 Å². The molecule has 0 saturated heterocycles. The van der Waals surface area contributed by atoms with E-state index in [2.05, 4.69) is 24.5 Å². The van der Waals surface area contributed by atoms with Crippen molar-refractivity contribution in [3.05, 3.63) is 134 Å². The van der Waals surface area contributed by atoms with Gasteiger partial charge < -0.3 is 0 Å². The summed E-state index contributed by atoms with van der Waals surface area (Å²) >= 11 is -22.0. The molecule has 0 aliphatic heterocycles. The first-order chi connectivity index (χ1) is 38.5. The van der Waals surface area contributed by atoms with Crippen LogP contribution in [0.1, 0.15) is 22.3 Å². The van der Waals surface area contributed by atoms with Crippen molar-refractivity contribution in [2.75, 3.05) is 0 Å². The Kier molecular flexibility index (Phi) is 22.2. The van der Waals surface area contributed by atoms with Crippen molar-refractivity contribution >= 4 is 130 Å². The number of hydrogen-bond donors (Lipinski definition) is 0. The number of halogens is 28. The van der Waals surface area contributed by atoms with Gasteiger partial charge in [-0.05, 0) is 0 Å². The molecule has 4 aromatic carbocycles. The van der Waals surface area contributed by atoms with Crippen LogP contribution in [0.4, 0.5) is 105 Å². The van der Waals surface area contributed by atoms with E-state index in [-0.39, 0.29) is 0 Å². The molecular weight excluding hydrogens is 1710 g/mol. The summed E-state index contributed by atoms with van der Waals surface area (Å²) in [4.78, 5) is 94.9. The van der Waals surface area contributed by atoms with Gasteiger partial charge in [0.15, 0.2) is 0 Å². The summed E-state index contributed by atoms with van der Waals surface area (Å²) in [6, 6.07) is 7.46. The Morgan fingerprint density at radius 3 is 0.412 bits per heavy atom. The van der Waals surface area contributed by atoms with Gasteiger partial charge >= 0.3 is 487 Å². The van der Waals surface area contributed by atoms with Gasteiger partial charge in [0.1, 0.15) is 0 Å². The van der Waals surface area contributed by atoms with Gasteiger partial charge in [-0.2, -0.15) is 0 Å².